The fraction of sp³-hybridized carbons (Fsp3) is 0.368. The van der Waals surface area contributed by atoms with E-state index in [1.807, 2.05) is 0 Å². The minimum atomic E-state index is -4.38. The Balaban J connectivity index is 1.93. The summed E-state index contributed by atoms with van der Waals surface area (Å²) < 4.78 is 46.1. The largest absolute Gasteiger partial charge is 0.416 e. The Morgan fingerprint density at radius 2 is 1.79 bits per heavy atom. The molecule has 0 bridgehead atoms. The zero-order valence-corrected chi connectivity index (χ0v) is 17.6. The average molecular weight is 428 g/mol. The van der Waals surface area contributed by atoms with Crippen LogP contribution >= 0.6 is 11.6 Å². The third-order valence-electron chi connectivity index (χ3n) is 4.36. The van der Waals surface area contributed by atoms with Crippen molar-refractivity contribution in [3.8, 4) is 11.1 Å². The summed E-state index contributed by atoms with van der Waals surface area (Å²) in [7, 11) is -1.20. The highest BCUT2D eigenvalue weighted by Crippen LogP contribution is 2.35. The summed E-state index contributed by atoms with van der Waals surface area (Å²) in [6, 6.07) is 6.00. The highest BCUT2D eigenvalue weighted by Gasteiger charge is 2.30. The lowest BCUT2D eigenvalue weighted by atomic mass is 10.0. The van der Waals surface area contributed by atoms with Gasteiger partial charge in [0.05, 0.1) is 10.9 Å². The molecular weight excluding hydrogens is 407 g/mol. The molecule has 28 heavy (non-hydrogen) atoms. The Morgan fingerprint density at radius 3 is 2.39 bits per heavy atom. The molecule has 0 aliphatic carbocycles. The fourth-order valence-corrected chi connectivity index (χ4v) is 3.77. The molecule has 150 valence electrons. The van der Waals surface area contributed by atoms with E-state index in [4.69, 9.17) is 16.3 Å². The molecule has 0 aliphatic rings. The first-order valence-electron chi connectivity index (χ1n) is 8.81. The topological polar surface area (TPSA) is 39.9 Å². The third kappa shape index (κ3) is 4.74. The van der Waals surface area contributed by atoms with Gasteiger partial charge >= 0.3 is 6.18 Å². The summed E-state index contributed by atoms with van der Waals surface area (Å²) in [5.74, 6) is 0. The molecule has 4 nitrogen and oxygen atoms in total. The molecule has 0 spiro atoms. The van der Waals surface area contributed by atoms with E-state index in [1.54, 1.807) is 10.8 Å². The Morgan fingerprint density at radius 1 is 1.11 bits per heavy atom. The van der Waals surface area contributed by atoms with Gasteiger partial charge in [-0.1, -0.05) is 43.4 Å². The molecule has 2 heterocycles. The van der Waals surface area contributed by atoms with Crippen molar-refractivity contribution in [1.29, 1.82) is 0 Å². The number of alkyl halides is 3. The minimum Gasteiger partial charge on any atom is -0.361 e. The van der Waals surface area contributed by atoms with Gasteiger partial charge in [-0.05, 0) is 23.7 Å². The number of hydrogen-bond acceptors (Lipinski definition) is 3. The van der Waals surface area contributed by atoms with Crippen LogP contribution < -0.4 is 0 Å². The first-order valence-corrected chi connectivity index (χ1v) is 12.9. The van der Waals surface area contributed by atoms with Crippen molar-refractivity contribution in [2.45, 2.75) is 38.6 Å². The van der Waals surface area contributed by atoms with Gasteiger partial charge in [0.2, 0.25) is 0 Å². The monoisotopic (exact) mass is 427 g/mol. The number of hydrogen-bond donors (Lipinski definition) is 0. The summed E-state index contributed by atoms with van der Waals surface area (Å²) in [6.45, 7) is 7.75. The van der Waals surface area contributed by atoms with E-state index >= 15 is 0 Å². The van der Waals surface area contributed by atoms with E-state index in [0.29, 0.717) is 28.8 Å². The van der Waals surface area contributed by atoms with Crippen LogP contribution in [0.2, 0.25) is 30.8 Å². The van der Waals surface area contributed by atoms with E-state index in [2.05, 4.69) is 29.6 Å². The molecule has 0 amide bonds. The number of benzene rings is 1. The van der Waals surface area contributed by atoms with Crippen LogP contribution in [0.4, 0.5) is 13.2 Å². The predicted octanol–water partition coefficient (Wildman–Crippen LogP) is 6.08. The SMILES string of the molecule is C[Si](C)(C)CCOCn1cc(-c2ccc(C(F)(F)F)cc2)c2c(Cl)ncnc21. The molecule has 0 fully saturated rings. The predicted molar refractivity (Wildman–Crippen MR) is 107 cm³/mol. The Labute approximate surface area is 167 Å². The first kappa shape index (κ1) is 20.8. The van der Waals surface area contributed by atoms with E-state index in [-0.39, 0.29) is 11.9 Å². The summed E-state index contributed by atoms with van der Waals surface area (Å²) in [5, 5.41) is 0.846. The molecule has 0 atom stereocenters. The van der Waals surface area contributed by atoms with E-state index < -0.39 is 19.8 Å². The maximum Gasteiger partial charge on any atom is 0.416 e. The van der Waals surface area contributed by atoms with Crippen LogP contribution in [0.5, 0.6) is 0 Å². The van der Waals surface area contributed by atoms with Gasteiger partial charge in [-0.3, -0.25) is 0 Å². The van der Waals surface area contributed by atoms with Crippen molar-refractivity contribution in [1.82, 2.24) is 14.5 Å². The quantitative estimate of drug-likeness (QED) is 0.272. The zero-order valence-electron chi connectivity index (χ0n) is 15.8. The van der Waals surface area contributed by atoms with Crippen molar-refractivity contribution in [2.75, 3.05) is 6.61 Å². The number of fused-ring (bicyclic) bond motifs is 1. The van der Waals surface area contributed by atoms with Gasteiger partial charge in [0.25, 0.3) is 0 Å². The summed E-state index contributed by atoms with van der Waals surface area (Å²) in [5.41, 5.74) is 1.17. The summed E-state index contributed by atoms with van der Waals surface area (Å²) >= 11 is 6.27. The highest BCUT2D eigenvalue weighted by atomic mass is 35.5. The fourth-order valence-electron chi connectivity index (χ4n) is 2.78. The molecule has 0 saturated carbocycles. The number of nitrogens with zero attached hydrogens (tertiary/aromatic N) is 3. The normalized spacial score (nSPS) is 12.7. The minimum absolute atomic E-state index is 0.251. The Bertz CT molecular complexity index is 965. The number of halogens is 4. The molecule has 9 heteroatoms. The van der Waals surface area contributed by atoms with Gasteiger partial charge in [-0.25, -0.2) is 9.97 Å². The highest BCUT2D eigenvalue weighted by molar-refractivity contribution is 6.76. The van der Waals surface area contributed by atoms with Crippen LogP contribution in [0, 0.1) is 0 Å². The van der Waals surface area contributed by atoms with Crippen molar-refractivity contribution in [2.24, 2.45) is 0 Å². The van der Waals surface area contributed by atoms with Gasteiger partial charge in [0.1, 0.15) is 23.9 Å². The van der Waals surface area contributed by atoms with Crippen molar-refractivity contribution < 1.29 is 17.9 Å². The maximum absolute atomic E-state index is 12.8. The van der Waals surface area contributed by atoms with Gasteiger partial charge in [-0.15, -0.1) is 0 Å². The van der Waals surface area contributed by atoms with Crippen LogP contribution in [-0.4, -0.2) is 29.2 Å². The first-order chi connectivity index (χ1) is 13.1. The molecule has 0 radical (unpaired) electrons. The van der Waals surface area contributed by atoms with Gasteiger partial charge < -0.3 is 9.30 Å². The summed E-state index contributed by atoms with van der Waals surface area (Å²) in [6.07, 6.45) is -1.22. The molecular formula is C19H21ClF3N3OSi. The smallest absolute Gasteiger partial charge is 0.361 e. The molecule has 2 aromatic heterocycles. The molecule has 3 aromatic rings. The molecule has 0 N–H and O–H groups in total. The van der Waals surface area contributed by atoms with Crippen LogP contribution in [-0.2, 0) is 17.6 Å². The zero-order chi connectivity index (χ0) is 20.5. The number of rotatable bonds is 6. The average Bonchev–Trinajstić information content (AvgIpc) is 2.97. The van der Waals surface area contributed by atoms with Crippen LogP contribution in [0.25, 0.3) is 22.2 Å². The second kappa shape index (κ2) is 7.85. The van der Waals surface area contributed by atoms with Crippen LogP contribution in [0.1, 0.15) is 5.56 Å². The second-order valence-electron chi connectivity index (χ2n) is 7.80. The van der Waals surface area contributed by atoms with Gasteiger partial charge in [0, 0.05) is 26.4 Å². The maximum atomic E-state index is 12.8. The lowest BCUT2D eigenvalue weighted by Crippen LogP contribution is -2.22. The second-order valence-corrected chi connectivity index (χ2v) is 13.8. The van der Waals surface area contributed by atoms with E-state index in [1.165, 1.54) is 18.5 Å². The molecule has 1 aromatic carbocycles. The standard InChI is InChI=1S/C19H21ClF3N3OSi/c1-28(2,3)9-8-27-12-26-10-15(16-17(20)24-11-25-18(16)26)13-4-6-14(7-5-13)19(21,22)23/h4-7,10-11H,8-9,12H2,1-3H3. The number of ether oxygens (including phenoxy) is 1. The molecule has 0 saturated heterocycles. The van der Waals surface area contributed by atoms with E-state index in [0.717, 1.165) is 18.2 Å². The lowest BCUT2D eigenvalue weighted by Gasteiger charge is -2.15. The lowest BCUT2D eigenvalue weighted by molar-refractivity contribution is -0.137. The van der Waals surface area contributed by atoms with Crippen LogP contribution in [0.15, 0.2) is 36.8 Å². The number of aromatic nitrogens is 3. The Kier molecular flexibility index (Phi) is 5.83. The van der Waals surface area contributed by atoms with E-state index in [9.17, 15) is 13.2 Å². The molecule has 3 rings (SSSR count). The van der Waals surface area contributed by atoms with Crippen molar-refractivity contribution >= 4 is 30.7 Å². The molecule has 0 unspecified atom stereocenters. The van der Waals surface area contributed by atoms with Crippen molar-refractivity contribution in [3.05, 3.63) is 47.5 Å². The van der Waals surface area contributed by atoms with Gasteiger partial charge in [0.15, 0.2) is 0 Å². The third-order valence-corrected chi connectivity index (χ3v) is 6.35. The van der Waals surface area contributed by atoms with Crippen molar-refractivity contribution in [3.63, 3.8) is 0 Å². The van der Waals surface area contributed by atoms with Gasteiger partial charge in [-0.2, -0.15) is 13.2 Å². The Hall–Kier alpha value is -1.90. The molecule has 0 aliphatic heterocycles. The van der Waals surface area contributed by atoms with Crippen LogP contribution in [0.3, 0.4) is 0 Å². The summed E-state index contributed by atoms with van der Waals surface area (Å²) in [4.78, 5) is 8.31.